The van der Waals surface area contributed by atoms with E-state index in [1.165, 1.54) is 6.07 Å². The van der Waals surface area contributed by atoms with Gasteiger partial charge in [-0.05, 0) is 49.2 Å². The van der Waals surface area contributed by atoms with Crippen molar-refractivity contribution in [3.8, 4) is 5.75 Å². The molecule has 26 heavy (non-hydrogen) atoms. The van der Waals surface area contributed by atoms with Gasteiger partial charge in [-0.15, -0.1) is 0 Å². The Labute approximate surface area is 151 Å². The summed E-state index contributed by atoms with van der Waals surface area (Å²) in [5, 5.41) is 2.69. The molecule has 2 aromatic rings. The van der Waals surface area contributed by atoms with Crippen molar-refractivity contribution in [3.63, 3.8) is 0 Å². The van der Waals surface area contributed by atoms with E-state index in [4.69, 9.17) is 4.74 Å². The molecule has 1 fully saturated rings. The minimum absolute atomic E-state index is 0.0627. The molecule has 0 bridgehead atoms. The summed E-state index contributed by atoms with van der Waals surface area (Å²) in [6.07, 6.45) is 4.78. The summed E-state index contributed by atoms with van der Waals surface area (Å²) in [6.45, 7) is 0.0647. The van der Waals surface area contributed by atoms with Gasteiger partial charge < -0.3 is 14.6 Å². The highest BCUT2D eigenvalue weighted by molar-refractivity contribution is 7.90. The third-order valence-electron chi connectivity index (χ3n) is 3.99. The van der Waals surface area contributed by atoms with Gasteiger partial charge in [0.15, 0.2) is 9.84 Å². The number of pyridine rings is 1. The highest BCUT2D eigenvalue weighted by Gasteiger charge is 2.25. The molecule has 3 rings (SSSR count). The second kappa shape index (κ2) is 7.33. The molecule has 1 aromatic carbocycles. The lowest BCUT2D eigenvalue weighted by Crippen LogP contribution is -2.28. The molecule has 1 heterocycles. The van der Waals surface area contributed by atoms with E-state index >= 15 is 0 Å². The summed E-state index contributed by atoms with van der Waals surface area (Å²) in [6, 6.07) is 9.95. The molecule has 1 N–H and O–H groups in total. The number of carbonyl (C=O) groups is 1. The van der Waals surface area contributed by atoms with Crippen LogP contribution in [0.4, 0.5) is 5.69 Å². The number of hydrogen-bond donors (Lipinski definition) is 1. The van der Waals surface area contributed by atoms with Crippen molar-refractivity contribution in [3.05, 3.63) is 58.5 Å². The summed E-state index contributed by atoms with van der Waals surface area (Å²) < 4.78 is 29.1. The molecule has 138 valence electrons. The zero-order chi connectivity index (χ0) is 18.7. The van der Waals surface area contributed by atoms with Gasteiger partial charge in [-0.2, -0.15) is 0 Å². The van der Waals surface area contributed by atoms with Crippen LogP contribution >= 0.6 is 0 Å². The van der Waals surface area contributed by atoms with Crippen LogP contribution in [-0.2, 0) is 9.84 Å². The number of hydrogen-bond acceptors (Lipinski definition) is 5. The number of nitrogens with one attached hydrogen (secondary N) is 1. The first-order valence-corrected chi connectivity index (χ1v) is 10.3. The second-order valence-corrected chi connectivity index (χ2v) is 8.58. The quantitative estimate of drug-likeness (QED) is 0.796. The number of aromatic nitrogens is 1. The van der Waals surface area contributed by atoms with E-state index < -0.39 is 15.7 Å². The van der Waals surface area contributed by atoms with Gasteiger partial charge in [-0.25, -0.2) is 8.42 Å². The fourth-order valence-corrected chi connectivity index (χ4v) is 2.85. The van der Waals surface area contributed by atoms with Crippen molar-refractivity contribution in [2.45, 2.75) is 18.9 Å². The van der Waals surface area contributed by atoms with Crippen LogP contribution in [0.1, 0.15) is 29.2 Å². The maximum atomic E-state index is 12.4. The van der Waals surface area contributed by atoms with Gasteiger partial charge in [0.1, 0.15) is 17.9 Å². The highest BCUT2D eigenvalue weighted by Crippen LogP contribution is 2.33. The molecule has 1 aromatic heterocycles. The van der Waals surface area contributed by atoms with Crippen molar-refractivity contribution >= 4 is 21.4 Å². The van der Waals surface area contributed by atoms with Crippen LogP contribution in [0.15, 0.2) is 47.4 Å². The second-order valence-electron chi connectivity index (χ2n) is 6.32. The minimum atomic E-state index is -3.07. The first kappa shape index (κ1) is 18.2. The summed E-state index contributed by atoms with van der Waals surface area (Å²) in [5.74, 6) is -0.0227. The first-order chi connectivity index (χ1) is 12.3. The van der Waals surface area contributed by atoms with E-state index in [0.29, 0.717) is 11.4 Å². The molecule has 8 heteroatoms. The first-order valence-electron chi connectivity index (χ1n) is 8.26. The lowest BCUT2D eigenvalue weighted by molar-refractivity contribution is 0.102. The summed E-state index contributed by atoms with van der Waals surface area (Å²) in [5.41, 5.74) is 0.341. The van der Waals surface area contributed by atoms with E-state index in [1.807, 2.05) is 0 Å². The van der Waals surface area contributed by atoms with Gasteiger partial charge in [0, 0.05) is 24.2 Å². The van der Waals surface area contributed by atoms with E-state index in [0.717, 1.165) is 19.1 Å². The largest absolute Gasteiger partial charge is 0.493 e. The number of rotatable bonds is 7. The number of amides is 1. The van der Waals surface area contributed by atoms with E-state index in [1.54, 1.807) is 41.1 Å². The number of ether oxygens (including phenoxy) is 1. The molecule has 0 saturated heterocycles. The lowest BCUT2D eigenvalue weighted by Gasteiger charge is -2.09. The average molecular weight is 376 g/mol. The van der Waals surface area contributed by atoms with E-state index in [2.05, 4.69) is 5.32 Å². The van der Waals surface area contributed by atoms with E-state index in [-0.39, 0.29) is 29.5 Å². The zero-order valence-corrected chi connectivity index (χ0v) is 15.2. The highest BCUT2D eigenvalue weighted by atomic mass is 32.2. The minimum Gasteiger partial charge on any atom is -0.493 e. The lowest BCUT2D eigenvalue weighted by atomic mass is 10.2. The Morgan fingerprint density at radius 1 is 1.23 bits per heavy atom. The maximum absolute atomic E-state index is 12.4. The molecule has 7 nitrogen and oxygen atoms in total. The third-order valence-corrected chi connectivity index (χ3v) is 4.90. The average Bonchev–Trinajstić information content (AvgIpc) is 3.40. The van der Waals surface area contributed by atoms with Gasteiger partial charge >= 0.3 is 0 Å². The molecule has 0 unspecified atom stereocenters. The third kappa shape index (κ3) is 4.72. The van der Waals surface area contributed by atoms with Crippen LogP contribution in [0.2, 0.25) is 0 Å². The van der Waals surface area contributed by atoms with E-state index in [9.17, 15) is 18.0 Å². The standard InChI is InChI=1S/C18H20N2O5S/c1-26(23,24)12-11-25-15-8-4-13(5-9-15)19-17(21)16-3-2-10-20(18(16)22)14-6-7-14/h2-5,8-10,14H,6-7,11-12H2,1H3,(H,19,21). The van der Waals surface area contributed by atoms with Gasteiger partial charge in [0.25, 0.3) is 11.5 Å². The van der Waals surface area contributed by atoms with Crippen molar-refractivity contribution in [1.82, 2.24) is 4.57 Å². The van der Waals surface area contributed by atoms with Crippen LogP contribution < -0.4 is 15.6 Å². The predicted octanol–water partition coefficient (Wildman–Crippen LogP) is 1.86. The van der Waals surface area contributed by atoms with Gasteiger partial charge in [0.2, 0.25) is 0 Å². The van der Waals surface area contributed by atoms with Crippen LogP contribution in [0.5, 0.6) is 5.75 Å². The molecule has 1 aliphatic carbocycles. The monoisotopic (exact) mass is 376 g/mol. The Kier molecular flexibility index (Phi) is 5.13. The molecule has 0 spiro atoms. The Hall–Kier alpha value is -2.61. The Morgan fingerprint density at radius 3 is 2.54 bits per heavy atom. The fourth-order valence-electron chi connectivity index (χ4n) is 2.47. The van der Waals surface area contributed by atoms with Crippen molar-refractivity contribution in [2.24, 2.45) is 0 Å². The van der Waals surface area contributed by atoms with Crippen molar-refractivity contribution in [2.75, 3.05) is 23.9 Å². The number of carbonyl (C=O) groups excluding carboxylic acids is 1. The number of sulfone groups is 1. The fraction of sp³-hybridized carbons (Fsp3) is 0.333. The Morgan fingerprint density at radius 2 is 1.92 bits per heavy atom. The van der Waals surface area contributed by atoms with Gasteiger partial charge in [-0.1, -0.05) is 0 Å². The van der Waals surface area contributed by atoms with Gasteiger partial charge in [0.05, 0.1) is 5.75 Å². The maximum Gasteiger partial charge on any atom is 0.263 e. The molecule has 0 atom stereocenters. The van der Waals surface area contributed by atoms with Crippen LogP contribution in [0.3, 0.4) is 0 Å². The summed E-state index contributed by atoms with van der Waals surface area (Å²) >= 11 is 0. The molecule has 1 saturated carbocycles. The van der Waals surface area contributed by atoms with Crippen molar-refractivity contribution in [1.29, 1.82) is 0 Å². The molecule has 1 amide bonds. The SMILES string of the molecule is CS(=O)(=O)CCOc1ccc(NC(=O)c2cccn(C3CC3)c2=O)cc1. The molecule has 0 aliphatic heterocycles. The van der Waals surface area contributed by atoms with Crippen LogP contribution in [0.25, 0.3) is 0 Å². The van der Waals surface area contributed by atoms with Crippen LogP contribution in [0, 0.1) is 0 Å². The molecule has 1 aliphatic rings. The predicted molar refractivity (Wildman–Crippen MR) is 98.6 cm³/mol. The number of nitrogens with zero attached hydrogens (tertiary/aromatic N) is 1. The molecular formula is C18H20N2O5S. The Balaban J connectivity index is 1.63. The number of anilines is 1. The van der Waals surface area contributed by atoms with Crippen LogP contribution in [-0.4, -0.2) is 37.5 Å². The topological polar surface area (TPSA) is 94.5 Å². The zero-order valence-electron chi connectivity index (χ0n) is 14.3. The molecule has 0 radical (unpaired) electrons. The normalized spacial score (nSPS) is 14.0. The summed E-state index contributed by atoms with van der Waals surface area (Å²) in [4.78, 5) is 24.7. The molecular weight excluding hydrogens is 356 g/mol. The smallest absolute Gasteiger partial charge is 0.263 e. The van der Waals surface area contributed by atoms with Crippen molar-refractivity contribution < 1.29 is 17.9 Å². The number of benzene rings is 1. The summed E-state index contributed by atoms with van der Waals surface area (Å²) in [7, 11) is -3.07. The van der Waals surface area contributed by atoms with Gasteiger partial charge in [-0.3, -0.25) is 9.59 Å². The Bertz CT molecular complexity index is 960.